The van der Waals surface area contributed by atoms with Gasteiger partial charge >= 0.3 is 0 Å². The molecule has 6 nitrogen and oxygen atoms in total. The summed E-state index contributed by atoms with van der Waals surface area (Å²) in [6, 6.07) is 12.0. The van der Waals surface area contributed by atoms with Crippen LogP contribution in [0.25, 0.3) is 11.3 Å². The van der Waals surface area contributed by atoms with Crippen LogP contribution in [0, 0.1) is 6.92 Å². The zero-order chi connectivity index (χ0) is 19.0. The van der Waals surface area contributed by atoms with Gasteiger partial charge in [-0.2, -0.15) is 0 Å². The summed E-state index contributed by atoms with van der Waals surface area (Å²) in [5, 5.41) is 1.03. The Balaban J connectivity index is 1.54. The van der Waals surface area contributed by atoms with E-state index in [1.807, 2.05) is 25.3 Å². The first kappa shape index (κ1) is 17.9. The third kappa shape index (κ3) is 3.54. The van der Waals surface area contributed by atoms with Gasteiger partial charge in [0.2, 0.25) is 0 Å². The maximum Gasteiger partial charge on any atom is 0.261 e. The maximum absolute atomic E-state index is 12.6. The number of imidazole rings is 1. The lowest BCUT2D eigenvalue weighted by molar-refractivity contribution is 0.411. The van der Waals surface area contributed by atoms with Gasteiger partial charge in [-0.1, -0.05) is 23.9 Å². The lowest BCUT2D eigenvalue weighted by Gasteiger charge is -2.11. The minimum Gasteiger partial charge on any atom is -0.496 e. The van der Waals surface area contributed by atoms with E-state index in [0.29, 0.717) is 11.4 Å². The van der Waals surface area contributed by atoms with Crippen molar-refractivity contribution in [3.63, 3.8) is 0 Å². The molecule has 1 aromatic heterocycles. The average molecular weight is 402 g/mol. The number of hydrogen-bond donors (Lipinski definition) is 1. The van der Waals surface area contributed by atoms with Gasteiger partial charge in [0.25, 0.3) is 10.0 Å². The van der Waals surface area contributed by atoms with Crippen molar-refractivity contribution in [2.45, 2.75) is 23.5 Å². The summed E-state index contributed by atoms with van der Waals surface area (Å²) in [7, 11) is -2.11. The van der Waals surface area contributed by atoms with Gasteiger partial charge in [0.15, 0.2) is 5.16 Å². The molecule has 0 unspecified atom stereocenters. The Kier molecular flexibility index (Phi) is 4.61. The molecular weight excluding hydrogens is 382 g/mol. The zero-order valence-electron chi connectivity index (χ0n) is 15.0. The van der Waals surface area contributed by atoms with E-state index in [1.54, 1.807) is 43.1 Å². The molecule has 0 spiro atoms. The molecule has 2 heterocycles. The second kappa shape index (κ2) is 6.94. The van der Waals surface area contributed by atoms with Crippen LogP contribution in [-0.2, 0) is 16.6 Å². The SMILES string of the molecule is COc1ccc(S(=O)(=O)Nc2ccc(-c3cn4c(n3)SCC4)cc2)cc1C. The number of rotatable bonds is 5. The number of hydrogen-bond acceptors (Lipinski definition) is 5. The predicted molar refractivity (Wildman–Crippen MR) is 107 cm³/mol. The first-order valence-electron chi connectivity index (χ1n) is 8.44. The highest BCUT2D eigenvalue weighted by atomic mass is 32.2. The van der Waals surface area contributed by atoms with E-state index in [-0.39, 0.29) is 4.90 Å². The number of aromatic nitrogens is 2. The van der Waals surface area contributed by atoms with Crippen LogP contribution in [0.15, 0.2) is 58.7 Å². The number of aryl methyl sites for hydroxylation is 2. The van der Waals surface area contributed by atoms with Crippen molar-refractivity contribution < 1.29 is 13.2 Å². The Bertz CT molecular complexity index is 1070. The normalized spacial score (nSPS) is 13.4. The molecule has 0 bridgehead atoms. The van der Waals surface area contributed by atoms with E-state index in [9.17, 15) is 8.42 Å². The van der Waals surface area contributed by atoms with Gasteiger partial charge in [0, 0.05) is 29.7 Å². The molecule has 1 aliphatic heterocycles. The Morgan fingerprint density at radius 2 is 1.96 bits per heavy atom. The number of methoxy groups -OCH3 is 1. The molecule has 27 heavy (non-hydrogen) atoms. The number of nitrogens with zero attached hydrogens (tertiary/aromatic N) is 2. The molecule has 0 saturated carbocycles. The van der Waals surface area contributed by atoms with Crippen molar-refractivity contribution in [2.24, 2.45) is 0 Å². The molecular formula is C19H19N3O3S2. The molecule has 1 aliphatic rings. The molecule has 1 N–H and O–H groups in total. The molecule has 140 valence electrons. The van der Waals surface area contributed by atoms with Crippen molar-refractivity contribution in [3.05, 3.63) is 54.2 Å². The monoisotopic (exact) mass is 401 g/mol. The summed E-state index contributed by atoms with van der Waals surface area (Å²) < 4.78 is 35.2. The molecule has 0 saturated heterocycles. The van der Waals surface area contributed by atoms with Crippen LogP contribution in [0.1, 0.15) is 5.56 Å². The average Bonchev–Trinajstić information content (AvgIpc) is 3.24. The summed E-state index contributed by atoms with van der Waals surface area (Å²) in [6.07, 6.45) is 2.04. The zero-order valence-corrected chi connectivity index (χ0v) is 16.6. The van der Waals surface area contributed by atoms with Crippen molar-refractivity contribution >= 4 is 27.5 Å². The van der Waals surface area contributed by atoms with Gasteiger partial charge in [-0.15, -0.1) is 0 Å². The molecule has 2 aromatic carbocycles. The standard InChI is InChI=1S/C19H19N3O3S2/c1-13-11-16(7-8-18(13)25-2)27(23,24)21-15-5-3-14(4-6-15)17-12-22-9-10-26-19(22)20-17/h3-8,11-12,21H,9-10H2,1-2H3. The van der Waals surface area contributed by atoms with E-state index < -0.39 is 10.0 Å². The maximum atomic E-state index is 12.6. The Morgan fingerprint density at radius 3 is 2.63 bits per heavy atom. The topological polar surface area (TPSA) is 73.2 Å². The fourth-order valence-corrected chi connectivity index (χ4v) is 5.08. The van der Waals surface area contributed by atoms with Gasteiger partial charge in [0.1, 0.15) is 5.75 Å². The smallest absolute Gasteiger partial charge is 0.261 e. The summed E-state index contributed by atoms with van der Waals surface area (Å²) in [5.74, 6) is 1.72. The summed E-state index contributed by atoms with van der Waals surface area (Å²) in [6.45, 7) is 2.79. The summed E-state index contributed by atoms with van der Waals surface area (Å²) in [5.41, 5.74) is 3.13. The van der Waals surface area contributed by atoms with Gasteiger partial charge in [-0.05, 0) is 42.8 Å². The fraction of sp³-hybridized carbons (Fsp3) is 0.211. The number of nitrogens with one attached hydrogen (secondary N) is 1. The Labute approximate surface area is 162 Å². The predicted octanol–water partition coefficient (Wildman–Crippen LogP) is 3.77. The van der Waals surface area contributed by atoms with Crippen LogP contribution < -0.4 is 9.46 Å². The highest BCUT2D eigenvalue weighted by Gasteiger charge is 2.17. The van der Waals surface area contributed by atoms with E-state index in [2.05, 4.69) is 14.3 Å². The number of anilines is 1. The number of fused-ring (bicyclic) bond motifs is 1. The minimum atomic E-state index is -3.66. The summed E-state index contributed by atoms with van der Waals surface area (Å²) in [4.78, 5) is 4.82. The Hall–Kier alpha value is -2.45. The van der Waals surface area contributed by atoms with Crippen molar-refractivity contribution in [3.8, 4) is 17.0 Å². The second-order valence-electron chi connectivity index (χ2n) is 6.26. The van der Waals surface area contributed by atoms with Gasteiger partial charge in [0.05, 0.1) is 17.7 Å². The number of benzene rings is 2. The molecule has 4 rings (SSSR count). The van der Waals surface area contributed by atoms with E-state index in [4.69, 9.17) is 4.74 Å². The van der Waals surface area contributed by atoms with Crippen LogP contribution in [0.3, 0.4) is 0 Å². The van der Waals surface area contributed by atoms with Gasteiger partial charge in [-0.25, -0.2) is 13.4 Å². The molecule has 8 heteroatoms. The van der Waals surface area contributed by atoms with E-state index in [1.165, 1.54) is 6.07 Å². The quantitative estimate of drug-likeness (QED) is 0.704. The fourth-order valence-electron chi connectivity index (χ4n) is 2.99. The molecule has 0 aliphatic carbocycles. The number of sulfonamides is 1. The van der Waals surface area contributed by atoms with Crippen molar-refractivity contribution in [1.82, 2.24) is 9.55 Å². The van der Waals surface area contributed by atoms with E-state index >= 15 is 0 Å². The molecule has 0 amide bonds. The lowest BCUT2D eigenvalue weighted by atomic mass is 10.1. The van der Waals surface area contributed by atoms with E-state index in [0.717, 1.165) is 34.3 Å². The van der Waals surface area contributed by atoms with Crippen molar-refractivity contribution in [2.75, 3.05) is 17.6 Å². The largest absolute Gasteiger partial charge is 0.496 e. The third-order valence-electron chi connectivity index (χ3n) is 4.41. The highest BCUT2D eigenvalue weighted by Crippen LogP contribution is 2.30. The van der Waals surface area contributed by atoms with Gasteiger partial charge in [-0.3, -0.25) is 4.72 Å². The highest BCUT2D eigenvalue weighted by molar-refractivity contribution is 7.99. The van der Waals surface area contributed by atoms with Crippen LogP contribution >= 0.6 is 11.8 Å². The van der Waals surface area contributed by atoms with Crippen LogP contribution in [-0.4, -0.2) is 30.8 Å². The summed E-state index contributed by atoms with van der Waals surface area (Å²) >= 11 is 1.75. The lowest BCUT2D eigenvalue weighted by Crippen LogP contribution is -2.13. The molecule has 0 radical (unpaired) electrons. The van der Waals surface area contributed by atoms with Crippen LogP contribution in [0.2, 0.25) is 0 Å². The number of thioether (sulfide) groups is 1. The molecule has 0 fully saturated rings. The third-order valence-corrected chi connectivity index (χ3v) is 6.76. The molecule has 0 atom stereocenters. The minimum absolute atomic E-state index is 0.201. The van der Waals surface area contributed by atoms with Crippen LogP contribution in [0.4, 0.5) is 5.69 Å². The van der Waals surface area contributed by atoms with Crippen LogP contribution in [0.5, 0.6) is 5.75 Å². The second-order valence-corrected chi connectivity index (χ2v) is 9.01. The first-order chi connectivity index (χ1) is 13.0. The van der Waals surface area contributed by atoms with Gasteiger partial charge < -0.3 is 9.30 Å². The van der Waals surface area contributed by atoms with Crippen molar-refractivity contribution in [1.29, 1.82) is 0 Å². The Morgan fingerprint density at radius 1 is 1.19 bits per heavy atom. The first-order valence-corrected chi connectivity index (χ1v) is 10.9. The number of ether oxygens (including phenoxy) is 1. The molecule has 3 aromatic rings.